The SMILES string of the molecule is CC1=C(C)C(C)c2c(C)c(C)c(C)c(C)c21.Cc1c(C)c(C)[c-](C)c1C. The third kappa shape index (κ3) is 2.98. The summed E-state index contributed by atoms with van der Waals surface area (Å²) in [6, 6.07) is 0. The molecule has 2 aromatic rings. The quantitative estimate of drug-likeness (QED) is 0.426. The average Bonchev–Trinajstić information content (AvgIpc) is 2.94. The van der Waals surface area contributed by atoms with Gasteiger partial charge >= 0.3 is 0 Å². The Morgan fingerprint density at radius 2 is 1.00 bits per heavy atom. The van der Waals surface area contributed by atoms with Crippen molar-refractivity contribution >= 4 is 5.57 Å². The Morgan fingerprint density at radius 1 is 0.577 bits per heavy atom. The molecule has 142 valence electrons. The van der Waals surface area contributed by atoms with E-state index in [1.165, 1.54) is 61.2 Å². The van der Waals surface area contributed by atoms with Crippen molar-refractivity contribution < 1.29 is 0 Å². The fourth-order valence-corrected chi connectivity index (χ4v) is 4.51. The Morgan fingerprint density at radius 3 is 1.38 bits per heavy atom. The first-order valence-electron chi connectivity index (χ1n) is 9.90. The van der Waals surface area contributed by atoms with E-state index in [-0.39, 0.29) is 0 Å². The lowest BCUT2D eigenvalue weighted by atomic mass is 9.86. The molecule has 0 heteroatoms. The van der Waals surface area contributed by atoms with Crippen LogP contribution in [0.2, 0.25) is 0 Å². The van der Waals surface area contributed by atoms with Gasteiger partial charge in [-0.3, -0.25) is 0 Å². The first-order chi connectivity index (χ1) is 11.9. The Kier molecular flexibility index (Phi) is 5.66. The van der Waals surface area contributed by atoms with E-state index < -0.39 is 0 Å². The third-order valence-electron chi connectivity index (χ3n) is 7.60. The lowest BCUT2D eigenvalue weighted by Gasteiger charge is -2.19. The van der Waals surface area contributed by atoms with Crippen LogP contribution in [0.5, 0.6) is 0 Å². The zero-order valence-electron chi connectivity index (χ0n) is 19.1. The molecule has 0 bridgehead atoms. The fraction of sp³-hybridized carbons (Fsp3) is 0.500. The van der Waals surface area contributed by atoms with Gasteiger partial charge in [0.2, 0.25) is 0 Å². The molecule has 0 aliphatic heterocycles. The standard InChI is InChI=1S/C16H22.C10H15/c1-8-9(2)12(5)16-14(7)10(3)13(6)15(16)11(8)4;1-6-7(2)9(4)10(5)8(6)3/h13H,1-7H3;1-5H3/q;-1. The maximum absolute atomic E-state index is 2.34. The average molecular weight is 350 g/mol. The molecule has 3 rings (SSSR count). The van der Waals surface area contributed by atoms with Gasteiger partial charge in [0.05, 0.1) is 0 Å². The van der Waals surface area contributed by atoms with Gasteiger partial charge in [0, 0.05) is 5.92 Å². The van der Waals surface area contributed by atoms with Gasteiger partial charge < -0.3 is 0 Å². The van der Waals surface area contributed by atoms with Crippen LogP contribution in [0.4, 0.5) is 0 Å². The van der Waals surface area contributed by atoms with Crippen LogP contribution in [0.15, 0.2) is 5.57 Å². The summed E-state index contributed by atoms with van der Waals surface area (Å²) < 4.78 is 0. The van der Waals surface area contributed by atoms with E-state index >= 15 is 0 Å². The Bertz CT molecular complexity index is 817. The number of hydrogen-bond donors (Lipinski definition) is 0. The van der Waals surface area contributed by atoms with Crippen LogP contribution in [0.25, 0.3) is 5.57 Å². The van der Waals surface area contributed by atoms with Crippen molar-refractivity contribution in [3.63, 3.8) is 0 Å². The highest BCUT2D eigenvalue weighted by Crippen LogP contribution is 2.46. The van der Waals surface area contributed by atoms with E-state index in [2.05, 4.69) is 83.1 Å². The van der Waals surface area contributed by atoms with Gasteiger partial charge in [0.25, 0.3) is 0 Å². The van der Waals surface area contributed by atoms with Crippen molar-refractivity contribution in [3.8, 4) is 0 Å². The van der Waals surface area contributed by atoms with Gasteiger partial charge in [-0.25, -0.2) is 0 Å². The highest BCUT2D eigenvalue weighted by atomic mass is 14.3. The summed E-state index contributed by atoms with van der Waals surface area (Å²) >= 11 is 0. The van der Waals surface area contributed by atoms with E-state index in [0.717, 1.165) is 0 Å². The van der Waals surface area contributed by atoms with Crippen molar-refractivity contribution in [1.82, 2.24) is 0 Å². The van der Waals surface area contributed by atoms with Crippen molar-refractivity contribution in [3.05, 3.63) is 66.8 Å². The smallest absolute Gasteiger partial charge is 0.00318 e. The Hall–Kier alpha value is -1.69. The molecule has 0 aromatic heterocycles. The van der Waals surface area contributed by atoms with Crippen molar-refractivity contribution in [2.24, 2.45) is 0 Å². The molecule has 2 aromatic carbocycles. The Labute approximate surface area is 161 Å². The first kappa shape index (κ1) is 20.6. The number of benzene rings is 1. The summed E-state index contributed by atoms with van der Waals surface area (Å²) in [5, 5.41) is 0. The zero-order valence-corrected chi connectivity index (χ0v) is 19.1. The summed E-state index contributed by atoms with van der Waals surface area (Å²) in [4.78, 5) is 0. The fourth-order valence-electron chi connectivity index (χ4n) is 4.51. The van der Waals surface area contributed by atoms with Crippen molar-refractivity contribution in [2.45, 2.75) is 89.0 Å². The molecule has 0 heterocycles. The minimum Gasteiger partial charge on any atom is -0.196 e. The molecule has 0 radical (unpaired) electrons. The van der Waals surface area contributed by atoms with Crippen LogP contribution in [-0.2, 0) is 0 Å². The number of hydrogen-bond acceptors (Lipinski definition) is 0. The number of allylic oxidation sites excluding steroid dienone is 2. The second-order valence-electron chi connectivity index (χ2n) is 8.44. The summed E-state index contributed by atoms with van der Waals surface area (Å²) in [5.74, 6) is 0.605. The van der Waals surface area contributed by atoms with Crippen molar-refractivity contribution in [1.29, 1.82) is 0 Å². The van der Waals surface area contributed by atoms with Crippen LogP contribution in [-0.4, -0.2) is 0 Å². The molecule has 1 aliphatic rings. The van der Waals surface area contributed by atoms with E-state index in [1.807, 2.05) is 0 Å². The molecule has 0 amide bonds. The molecule has 0 spiro atoms. The van der Waals surface area contributed by atoms with Crippen LogP contribution in [0.3, 0.4) is 0 Å². The lowest BCUT2D eigenvalue weighted by molar-refractivity contribution is 0.901. The first-order valence-corrected chi connectivity index (χ1v) is 9.90. The molecule has 0 fully saturated rings. The van der Waals surface area contributed by atoms with Gasteiger partial charge in [-0.2, -0.15) is 27.8 Å². The van der Waals surface area contributed by atoms with Crippen molar-refractivity contribution in [2.75, 3.05) is 0 Å². The van der Waals surface area contributed by atoms with Crippen LogP contribution in [0.1, 0.15) is 87.9 Å². The van der Waals surface area contributed by atoms with E-state index in [0.29, 0.717) is 5.92 Å². The zero-order chi connectivity index (χ0) is 20.1. The minimum absolute atomic E-state index is 0.605. The maximum Gasteiger partial charge on any atom is 0.00318 e. The van der Waals surface area contributed by atoms with Gasteiger partial charge in [0.1, 0.15) is 0 Å². The van der Waals surface area contributed by atoms with Gasteiger partial charge in [-0.05, 0) is 80.5 Å². The second kappa shape index (κ2) is 7.14. The van der Waals surface area contributed by atoms with Gasteiger partial charge in [0.15, 0.2) is 0 Å². The lowest BCUT2D eigenvalue weighted by Crippen LogP contribution is -2.02. The second-order valence-corrected chi connectivity index (χ2v) is 8.44. The Balaban J connectivity index is 0.000000209. The summed E-state index contributed by atoms with van der Waals surface area (Å²) in [6.45, 7) is 27.0. The molecule has 1 atom stereocenters. The van der Waals surface area contributed by atoms with E-state index in [4.69, 9.17) is 0 Å². The molecule has 26 heavy (non-hydrogen) atoms. The largest absolute Gasteiger partial charge is 0.196 e. The highest BCUT2D eigenvalue weighted by Gasteiger charge is 2.28. The molecular formula is C26H37-. The molecule has 1 aliphatic carbocycles. The molecule has 0 nitrogen and oxygen atoms in total. The van der Waals surface area contributed by atoms with Gasteiger partial charge in [-0.1, -0.05) is 47.1 Å². The molecule has 0 N–H and O–H groups in total. The maximum atomic E-state index is 2.34. The topological polar surface area (TPSA) is 0 Å². The van der Waals surface area contributed by atoms with Crippen LogP contribution < -0.4 is 0 Å². The van der Waals surface area contributed by atoms with E-state index in [9.17, 15) is 0 Å². The summed E-state index contributed by atoms with van der Waals surface area (Å²) in [6.07, 6.45) is 0. The van der Waals surface area contributed by atoms with Crippen LogP contribution in [0, 0.1) is 62.3 Å². The molecule has 0 saturated heterocycles. The number of fused-ring (bicyclic) bond motifs is 1. The monoisotopic (exact) mass is 349 g/mol. The summed E-state index contributed by atoms with van der Waals surface area (Å²) in [7, 11) is 0. The molecule has 0 saturated carbocycles. The molecular weight excluding hydrogens is 312 g/mol. The molecule has 1 unspecified atom stereocenters. The van der Waals surface area contributed by atoms with Crippen LogP contribution >= 0.6 is 0 Å². The van der Waals surface area contributed by atoms with E-state index in [1.54, 1.807) is 11.1 Å². The normalized spacial score (nSPS) is 15.9. The minimum atomic E-state index is 0.605. The number of rotatable bonds is 0. The summed E-state index contributed by atoms with van der Waals surface area (Å²) in [5.41, 5.74) is 19.4. The highest BCUT2D eigenvalue weighted by molar-refractivity contribution is 5.81. The van der Waals surface area contributed by atoms with Gasteiger partial charge in [-0.15, -0.1) is 0 Å². The predicted octanol–water partition coefficient (Wildman–Crippen LogP) is 7.78. The predicted molar refractivity (Wildman–Crippen MR) is 118 cm³/mol. The third-order valence-corrected chi connectivity index (χ3v) is 7.60.